The Morgan fingerprint density at radius 2 is 1.62 bits per heavy atom. The first-order valence-electron chi connectivity index (χ1n) is 8.65. The van der Waals surface area contributed by atoms with Crippen molar-refractivity contribution >= 4 is 20.7 Å². The molecule has 0 bridgehead atoms. The predicted octanol–water partition coefficient (Wildman–Crippen LogP) is 5.02. The molecule has 1 heterocycles. The molecule has 0 aliphatic rings. The Morgan fingerprint density at radius 1 is 0.897 bits per heavy atom. The van der Waals surface area contributed by atoms with Crippen molar-refractivity contribution in [2.24, 2.45) is 0 Å². The minimum atomic E-state index is -4.32. The summed E-state index contributed by atoms with van der Waals surface area (Å²) in [6.07, 6.45) is 0. The number of benzene rings is 3. The summed E-state index contributed by atoms with van der Waals surface area (Å²) in [5.41, 5.74) is 0.958. The van der Waals surface area contributed by atoms with Crippen molar-refractivity contribution in [2.45, 2.75) is 9.79 Å². The van der Waals surface area contributed by atoms with E-state index in [9.17, 15) is 12.8 Å². The van der Waals surface area contributed by atoms with Crippen molar-refractivity contribution in [1.82, 2.24) is 4.98 Å². The third kappa shape index (κ3) is 3.34. The van der Waals surface area contributed by atoms with E-state index >= 15 is 4.39 Å². The molecule has 0 spiro atoms. The number of halogens is 2. The first-order chi connectivity index (χ1) is 13.9. The molecule has 0 N–H and O–H groups in total. The summed E-state index contributed by atoms with van der Waals surface area (Å²) in [6.45, 7) is 0. The van der Waals surface area contributed by atoms with E-state index in [-0.39, 0.29) is 10.5 Å². The molecule has 0 radical (unpaired) electrons. The van der Waals surface area contributed by atoms with Crippen molar-refractivity contribution in [3.05, 3.63) is 84.6 Å². The normalized spacial score (nSPS) is 11.6. The lowest BCUT2D eigenvalue weighted by Gasteiger charge is -2.15. The van der Waals surface area contributed by atoms with E-state index in [0.29, 0.717) is 22.2 Å². The number of para-hydroxylation sites is 1. The van der Waals surface area contributed by atoms with E-state index in [1.807, 2.05) is 0 Å². The fraction of sp³-hybridized carbons (Fsp3) is 0.0455. The van der Waals surface area contributed by atoms with Gasteiger partial charge in [0.1, 0.15) is 16.5 Å². The highest BCUT2D eigenvalue weighted by Crippen LogP contribution is 2.39. The molecule has 0 fully saturated rings. The van der Waals surface area contributed by atoms with Gasteiger partial charge in [0, 0.05) is 10.9 Å². The SMILES string of the molecule is COc1cccc(-c2c(S(=O)(=O)c3ccc(F)cc3)c(F)nc3ccccc23)c1. The summed E-state index contributed by atoms with van der Waals surface area (Å²) >= 11 is 0. The molecule has 29 heavy (non-hydrogen) atoms. The van der Waals surface area contributed by atoms with Gasteiger partial charge in [0.2, 0.25) is 15.8 Å². The van der Waals surface area contributed by atoms with Crippen LogP contribution in [-0.2, 0) is 9.84 Å². The highest BCUT2D eigenvalue weighted by molar-refractivity contribution is 7.91. The number of aromatic nitrogens is 1. The number of methoxy groups -OCH3 is 1. The number of nitrogens with zero attached hydrogens (tertiary/aromatic N) is 1. The molecular formula is C22H15F2NO3S. The quantitative estimate of drug-likeness (QED) is 0.349. The zero-order valence-electron chi connectivity index (χ0n) is 15.3. The molecule has 4 aromatic rings. The largest absolute Gasteiger partial charge is 0.497 e. The zero-order valence-corrected chi connectivity index (χ0v) is 16.1. The van der Waals surface area contributed by atoms with Crippen molar-refractivity contribution in [1.29, 1.82) is 0 Å². The number of rotatable bonds is 4. The Balaban J connectivity index is 2.11. The summed E-state index contributed by atoms with van der Waals surface area (Å²) < 4.78 is 60.3. The molecule has 4 rings (SSSR count). The van der Waals surface area contributed by atoms with E-state index in [0.717, 1.165) is 24.3 Å². The first kappa shape index (κ1) is 19.0. The fourth-order valence-electron chi connectivity index (χ4n) is 3.21. The number of fused-ring (bicyclic) bond motifs is 1. The van der Waals surface area contributed by atoms with Gasteiger partial charge < -0.3 is 4.74 Å². The number of hydrogen-bond acceptors (Lipinski definition) is 4. The van der Waals surface area contributed by atoms with Crippen LogP contribution in [0, 0.1) is 11.8 Å². The number of pyridine rings is 1. The summed E-state index contributed by atoms with van der Waals surface area (Å²) in [4.78, 5) is 3.08. The van der Waals surface area contributed by atoms with Crippen molar-refractivity contribution < 1.29 is 21.9 Å². The Bertz CT molecular complexity index is 1320. The molecule has 4 nitrogen and oxygen atoms in total. The van der Waals surface area contributed by atoms with Gasteiger partial charge in [-0.15, -0.1) is 0 Å². The number of hydrogen-bond donors (Lipinski definition) is 0. The Hall–Kier alpha value is -3.32. The van der Waals surface area contributed by atoms with Crippen LogP contribution >= 0.6 is 0 Å². The highest BCUT2D eigenvalue weighted by Gasteiger charge is 2.29. The van der Waals surface area contributed by atoms with Crippen molar-refractivity contribution in [3.63, 3.8) is 0 Å². The van der Waals surface area contributed by atoms with Gasteiger partial charge in [-0.2, -0.15) is 4.39 Å². The van der Waals surface area contributed by atoms with Gasteiger partial charge in [-0.3, -0.25) is 0 Å². The Kier molecular flexibility index (Phi) is 4.76. The fourth-order valence-corrected chi connectivity index (χ4v) is 4.70. The molecule has 0 unspecified atom stereocenters. The van der Waals surface area contributed by atoms with Gasteiger partial charge in [0.05, 0.1) is 17.5 Å². The van der Waals surface area contributed by atoms with Crippen LogP contribution in [0.4, 0.5) is 8.78 Å². The maximum absolute atomic E-state index is 15.1. The molecule has 3 aromatic carbocycles. The summed E-state index contributed by atoms with van der Waals surface area (Å²) in [7, 11) is -2.83. The van der Waals surface area contributed by atoms with E-state index < -0.39 is 26.5 Å². The van der Waals surface area contributed by atoms with Crippen LogP contribution in [0.3, 0.4) is 0 Å². The number of sulfone groups is 1. The highest BCUT2D eigenvalue weighted by atomic mass is 32.2. The van der Waals surface area contributed by atoms with Crippen LogP contribution < -0.4 is 4.74 Å². The Labute approximate surface area is 166 Å². The summed E-state index contributed by atoms with van der Waals surface area (Å²) in [5.74, 6) is -1.21. The minimum absolute atomic E-state index is 0.177. The molecule has 0 saturated carbocycles. The second-order valence-corrected chi connectivity index (χ2v) is 8.20. The lowest BCUT2D eigenvalue weighted by atomic mass is 10.0. The van der Waals surface area contributed by atoms with Crippen LogP contribution in [0.15, 0.2) is 82.6 Å². The zero-order chi connectivity index (χ0) is 20.6. The van der Waals surface area contributed by atoms with Gasteiger partial charge in [-0.1, -0.05) is 30.3 Å². The molecule has 0 aliphatic heterocycles. The van der Waals surface area contributed by atoms with Gasteiger partial charge in [0.15, 0.2) is 0 Å². The van der Waals surface area contributed by atoms with Crippen molar-refractivity contribution in [3.8, 4) is 16.9 Å². The molecular weight excluding hydrogens is 396 g/mol. The first-order valence-corrected chi connectivity index (χ1v) is 10.1. The second kappa shape index (κ2) is 7.25. The topological polar surface area (TPSA) is 56.3 Å². The van der Waals surface area contributed by atoms with Crippen LogP contribution in [0.5, 0.6) is 5.75 Å². The summed E-state index contributed by atoms with van der Waals surface area (Å²) in [5, 5.41) is 0.475. The average Bonchev–Trinajstić information content (AvgIpc) is 2.73. The van der Waals surface area contributed by atoms with E-state index in [1.54, 1.807) is 48.5 Å². The lowest BCUT2D eigenvalue weighted by Crippen LogP contribution is -2.09. The van der Waals surface area contributed by atoms with Crippen LogP contribution in [0.2, 0.25) is 0 Å². The molecule has 0 aliphatic carbocycles. The van der Waals surface area contributed by atoms with E-state index in [2.05, 4.69) is 4.98 Å². The van der Waals surface area contributed by atoms with Gasteiger partial charge in [-0.25, -0.2) is 17.8 Å². The van der Waals surface area contributed by atoms with Gasteiger partial charge >= 0.3 is 0 Å². The maximum atomic E-state index is 15.1. The predicted molar refractivity (Wildman–Crippen MR) is 106 cm³/mol. The molecule has 0 amide bonds. The van der Waals surface area contributed by atoms with E-state index in [4.69, 9.17) is 4.74 Å². The van der Waals surface area contributed by atoms with Gasteiger partial charge in [-0.05, 0) is 48.0 Å². The Morgan fingerprint density at radius 3 is 2.34 bits per heavy atom. The monoisotopic (exact) mass is 411 g/mol. The van der Waals surface area contributed by atoms with Crippen LogP contribution in [0.1, 0.15) is 0 Å². The van der Waals surface area contributed by atoms with Crippen LogP contribution in [0.25, 0.3) is 22.0 Å². The lowest BCUT2D eigenvalue weighted by molar-refractivity contribution is 0.415. The molecule has 146 valence electrons. The molecule has 7 heteroatoms. The standard InChI is InChI=1S/C22H15F2NO3S/c1-28-16-6-4-5-14(13-16)20-18-7-2-3-8-19(18)25-22(24)21(20)29(26,27)17-11-9-15(23)10-12-17/h2-13H,1H3. The van der Waals surface area contributed by atoms with E-state index in [1.165, 1.54) is 7.11 Å². The molecule has 1 aromatic heterocycles. The third-order valence-corrected chi connectivity index (χ3v) is 6.36. The maximum Gasteiger partial charge on any atom is 0.233 e. The second-order valence-electron chi connectivity index (χ2n) is 6.31. The molecule has 0 saturated heterocycles. The third-order valence-electron chi connectivity index (χ3n) is 4.56. The van der Waals surface area contributed by atoms with Gasteiger partial charge in [0.25, 0.3) is 0 Å². The number of ether oxygens (including phenoxy) is 1. The smallest absolute Gasteiger partial charge is 0.233 e. The van der Waals surface area contributed by atoms with Crippen LogP contribution in [-0.4, -0.2) is 20.5 Å². The minimum Gasteiger partial charge on any atom is -0.497 e. The summed E-state index contributed by atoms with van der Waals surface area (Å²) in [6, 6.07) is 17.7. The molecule has 0 atom stereocenters. The van der Waals surface area contributed by atoms with Crippen molar-refractivity contribution in [2.75, 3.05) is 7.11 Å². The average molecular weight is 411 g/mol.